The standard InChI is InChI=1S/C20H28N6O/c1-14-11-18(23-25(14)3)20(27)24(2)16-7-9-26(10-8-16)19-12-17(21-13-22-19)15-5-4-6-15/h11-13,15-16H,4-10H2,1-3H3. The molecule has 0 aromatic carbocycles. The van der Waals surface area contributed by atoms with Gasteiger partial charge in [0, 0.05) is 56.6 Å². The highest BCUT2D eigenvalue weighted by Crippen LogP contribution is 2.36. The SMILES string of the molecule is Cc1cc(C(=O)N(C)C2CCN(c3cc(C4CCC4)ncn3)CC2)nn1C. The summed E-state index contributed by atoms with van der Waals surface area (Å²) in [5.74, 6) is 1.65. The van der Waals surface area contributed by atoms with E-state index in [9.17, 15) is 4.79 Å². The molecule has 2 fully saturated rings. The monoisotopic (exact) mass is 368 g/mol. The van der Waals surface area contributed by atoms with Crippen molar-refractivity contribution in [3.8, 4) is 0 Å². The zero-order chi connectivity index (χ0) is 19.0. The molecule has 4 rings (SSSR count). The largest absolute Gasteiger partial charge is 0.356 e. The Morgan fingerprint density at radius 1 is 1.15 bits per heavy atom. The smallest absolute Gasteiger partial charge is 0.274 e. The highest BCUT2D eigenvalue weighted by molar-refractivity contribution is 5.92. The molecule has 1 saturated heterocycles. The number of hydrogen-bond donors (Lipinski definition) is 0. The zero-order valence-electron chi connectivity index (χ0n) is 16.4. The van der Waals surface area contributed by atoms with Crippen molar-refractivity contribution in [2.24, 2.45) is 7.05 Å². The lowest BCUT2D eigenvalue weighted by atomic mass is 9.83. The number of aryl methyl sites for hydroxylation is 2. The number of anilines is 1. The number of piperidine rings is 1. The number of aromatic nitrogens is 4. The van der Waals surface area contributed by atoms with E-state index in [1.54, 1.807) is 11.0 Å². The predicted molar refractivity (Wildman–Crippen MR) is 104 cm³/mol. The molecule has 2 aromatic rings. The maximum Gasteiger partial charge on any atom is 0.274 e. The Bertz CT molecular complexity index is 800. The van der Waals surface area contributed by atoms with Gasteiger partial charge in [-0.25, -0.2) is 9.97 Å². The van der Waals surface area contributed by atoms with Crippen LogP contribution in [0.3, 0.4) is 0 Å². The quantitative estimate of drug-likeness (QED) is 0.830. The van der Waals surface area contributed by atoms with Crippen LogP contribution >= 0.6 is 0 Å². The number of amides is 1. The Balaban J connectivity index is 1.37. The van der Waals surface area contributed by atoms with Gasteiger partial charge in [-0.3, -0.25) is 9.48 Å². The lowest BCUT2D eigenvalue weighted by Gasteiger charge is -2.37. The molecular weight excluding hydrogens is 340 g/mol. The van der Waals surface area contributed by atoms with Gasteiger partial charge in [-0.1, -0.05) is 6.42 Å². The molecule has 27 heavy (non-hydrogen) atoms. The van der Waals surface area contributed by atoms with Gasteiger partial charge in [-0.15, -0.1) is 0 Å². The van der Waals surface area contributed by atoms with E-state index in [2.05, 4.69) is 26.0 Å². The molecule has 0 radical (unpaired) electrons. The van der Waals surface area contributed by atoms with Crippen molar-refractivity contribution >= 4 is 11.7 Å². The first-order valence-corrected chi connectivity index (χ1v) is 9.87. The number of hydrogen-bond acceptors (Lipinski definition) is 5. The third-order valence-electron chi connectivity index (χ3n) is 6.19. The molecule has 7 nitrogen and oxygen atoms in total. The van der Waals surface area contributed by atoms with Gasteiger partial charge in [0.1, 0.15) is 12.1 Å². The Hall–Kier alpha value is -2.44. The summed E-state index contributed by atoms with van der Waals surface area (Å²) in [6.45, 7) is 3.77. The van der Waals surface area contributed by atoms with Crippen LogP contribution in [-0.4, -0.2) is 56.7 Å². The molecule has 1 amide bonds. The summed E-state index contributed by atoms with van der Waals surface area (Å²) in [6, 6.07) is 4.26. The van der Waals surface area contributed by atoms with Crippen LogP contribution in [0.25, 0.3) is 0 Å². The fraction of sp³-hybridized carbons (Fsp3) is 0.600. The Morgan fingerprint density at radius 2 is 1.89 bits per heavy atom. The van der Waals surface area contributed by atoms with Crippen LogP contribution in [0, 0.1) is 6.92 Å². The maximum atomic E-state index is 12.7. The highest BCUT2D eigenvalue weighted by atomic mass is 16.2. The van der Waals surface area contributed by atoms with E-state index < -0.39 is 0 Å². The molecule has 0 N–H and O–H groups in total. The number of carbonyl (C=O) groups excluding carboxylic acids is 1. The average Bonchev–Trinajstić information content (AvgIpc) is 2.98. The third-order valence-corrected chi connectivity index (χ3v) is 6.19. The molecule has 144 valence electrons. The van der Waals surface area contributed by atoms with E-state index in [-0.39, 0.29) is 11.9 Å². The minimum atomic E-state index is 0.00598. The van der Waals surface area contributed by atoms with Gasteiger partial charge in [0.2, 0.25) is 0 Å². The molecule has 1 aliphatic heterocycles. The van der Waals surface area contributed by atoms with Crippen molar-refractivity contribution < 1.29 is 4.79 Å². The summed E-state index contributed by atoms with van der Waals surface area (Å²) in [7, 11) is 3.76. The lowest BCUT2D eigenvalue weighted by Crippen LogP contribution is -2.46. The molecule has 0 bridgehead atoms. The van der Waals surface area contributed by atoms with Crippen molar-refractivity contribution in [3.63, 3.8) is 0 Å². The van der Waals surface area contributed by atoms with Gasteiger partial charge in [0.25, 0.3) is 5.91 Å². The predicted octanol–water partition coefficient (Wildman–Crippen LogP) is 2.53. The summed E-state index contributed by atoms with van der Waals surface area (Å²) in [5, 5.41) is 4.33. The summed E-state index contributed by atoms with van der Waals surface area (Å²) in [4.78, 5) is 25.9. The van der Waals surface area contributed by atoms with Crippen molar-refractivity contribution in [3.05, 3.63) is 35.5 Å². The number of rotatable bonds is 4. The fourth-order valence-electron chi connectivity index (χ4n) is 3.96. The second-order valence-corrected chi connectivity index (χ2v) is 7.86. The molecule has 0 unspecified atom stereocenters. The van der Waals surface area contributed by atoms with Gasteiger partial charge < -0.3 is 9.80 Å². The average molecular weight is 368 g/mol. The van der Waals surface area contributed by atoms with Crippen molar-refractivity contribution in [1.29, 1.82) is 0 Å². The number of carbonyl (C=O) groups is 1. The van der Waals surface area contributed by atoms with Gasteiger partial charge in [0.05, 0.1) is 0 Å². The van der Waals surface area contributed by atoms with Crippen molar-refractivity contribution in [2.75, 3.05) is 25.0 Å². The molecule has 0 atom stereocenters. The van der Waals surface area contributed by atoms with E-state index in [1.165, 1.54) is 25.0 Å². The molecule has 2 aliphatic rings. The normalized spacial score (nSPS) is 18.4. The molecule has 1 aliphatic carbocycles. The van der Waals surface area contributed by atoms with Crippen LogP contribution in [-0.2, 0) is 7.05 Å². The maximum absolute atomic E-state index is 12.7. The van der Waals surface area contributed by atoms with E-state index >= 15 is 0 Å². The second-order valence-electron chi connectivity index (χ2n) is 7.86. The van der Waals surface area contributed by atoms with Crippen LogP contribution in [0.1, 0.15) is 59.9 Å². The molecule has 1 saturated carbocycles. The second kappa shape index (κ2) is 7.29. The molecule has 2 aromatic heterocycles. The Kier molecular flexibility index (Phi) is 4.85. The van der Waals surface area contributed by atoms with Crippen LogP contribution < -0.4 is 4.90 Å². The van der Waals surface area contributed by atoms with Crippen LogP contribution in [0.5, 0.6) is 0 Å². The first-order valence-electron chi connectivity index (χ1n) is 9.87. The van der Waals surface area contributed by atoms with Crippen molar-refractivity contribution in [2.45, 2.75) is 51.0 Å². The van der Waals surface area contributed by atoms with Gasteiger partial charge in [0.15, 0.2) is 5.69 Å². The molecule has 7 heteroatoms. The van der Waals surface area contributed by atoms with Gasteiger partial charge in [-0.2, -0.15) is 5.10 Å². The highest BCUT2D eigenvalue weighted by Gasteiger charge is 2.28. The van der Waals surface area contributed by atoms with Gasteiger partial charge in [-0.05, 0) is 38.7 Å². The lowest BCUT2D eigenvalue weighted by molar-refractivity contribution is 0.0702. The summed E-state index contributed by atoms with van der Waals surface area (Å²) >= 11 is 0. The molecule has 3 heterocycles. The topological polar surface area (TPSA) is 67.2 Å². The summed E-state index contributed by atoms with van der Waals surface area (Å²) < 4.78 is 1.75. The molecular formula is C20H28N6O. The first-order chi connectivity index (χ1) is 13.0. The molecule has 0 spiro atoms. The van der Waals surface area contributed by atoms with Crippen LogP contribution in [0.2, 0.25) is 0 Å². The Morgan fingerprint density at radius 3 is 2.48 bits per heavy atom. The van der Waals surface area contributed by atoms with Crippen molar-refractivity contribution in [1.82, 2.24) is 24.6 Å². The minimum Gasteiger partial charge on any atom is -0.356 e. The van der Waals surface area contributed by atoms with E-state index in [0.717, 1.165) is 37.4 Å². The van der Waals surface area contributed by atoms with Crippen LogP contribution in [0.15, 0.2) is 18.5 Å². The van der Waals surface area contributed by atoms with E-state index in [0.29, 0.717) is 11.6 Å². The summed E-state index contributed by atoms with van der Waals surface area (Å²) in [6.07, 6.45) is 7.39. The minimum absolute atomic E-state index is 0.00598. The number of nitrogens with zero attached hydrogens (tertiary/aromatic N) is 6. The van der Waals surface area contributed by atoms with E-state index in [4.69, 9.17) is 0 Å². The van der Waals surface area contributed by atoms with Gasteiger partial charge >= 0.3 is 0 Å². The van der Waals surface area contributed by atoms with Crippen LogP contribution in [0.4, 0.5) is 5.82 Å². The fourth-order valence-corrected chi connectivity index (χ4v) is 3.96. The zero-order valence-corrected chi connectivity index (χ0v) is 16.4. The van der Waals surface area contributed by atoms with E-state index in [1.807, 2.05) is 32.0 Å². The first kappa shape index (κ1) is 17.9. The summed E-state index contributed by atoms with van der Waals surface area (Å²) in [5.41, 5.74) is 2.71. The third kappa shape index (κ3) is 3.55. The Labute approximate surface area is 160 Å².